The Balaban J connectivity index is 1.88. The van der Waals surface area contributed by atoms with Gasteiger partial charge in [-0.2, -0.15) is 0 Å². The van der Waals surface area contributed by atoms with E-state index in [4.69, 9.17) is 4.74 Å². The molecule has 0 radical (unpaired) electrons. The normalized spacial score (nSPS) is 21.0. The Hall–Kier alpha value is -1.81. The standard InChI is InChI=1S/C19H26N2O2/c1-4-23-14(3)16-8-15(9-17-18(16)10-20-19(17)22)12-21-7-5-6-13(2)11-21/h8-9,13H,3-7,10-12H2,1-2H3,(H,20,22)/t13-/m0/s1. The first kappa shape index (κ1) is 16.1. The summed E-state index contributed by atoms with van der Waals surface area (Å²) in [6.45, 7) is 12.6. The molecule has 4 nitrogen and oxygen atoms in total. The summed E-state index contributed by atoms with van der Waals surface area (Å²) in [7, 11) is 0. The molecule has 0 aromatic heterocycles. The number of amides is 1. The average Bonchev–Trinajstić information content (AvgIpc) is 2.88. The third-order valence-corrected chi connectivity index (χ3v) is 4.75. The quantitative estimate of drug-likeness (QED) is 0.849. The van der Waals surface area contributed by atoms with Gasteiger partial charge in [-0.05, 0) is 55.5 Å². The molecule has 2 aliphatic heterocycles. The summed E-state index contributed by atoms with van der Waals surface area (Å²) in [6.07, 6.45) is 2.57. The van der Waals surface area contributed by atoms with Crippen molar-refractivity contribution in [3.05, 3.63) is 41.0 Å². The van der Waals surface area contributed by atoms with Crippen LogP contribution in [-0.4, -0.2) is 30.5 Å². The Morgan fingerprint density at radius 1 is 1.48 bits per heavy atom. The largest absolute Gasteiger partial charge is 0.494 e. The number of nitrogens with zero attached hydrogens (tertiary/aromatic N) is 1. The summed E-state index contributed by atoms with van der Waals surface area (Å²) >= 11 is 0. The molecule has 0 bridgehead atoms. The molecule has 1 saturated heterocycles. The van der Waals surface area contributed by atoms with Gasteiger partial charge in [-0.3, -0.25) is 9.69 Å². The van der Waals surface area contributed by atoms with Crippen molar-refractivity contribution in [1.29, 1.82) is 0 Å². The molecule has 4 heteroatoms. The molecule has 1 atom stereocenters. The van der Waals surface area contributed by atoms with E-state index in [0.29, 0.717) is 18.9 Å². The van der Waals surface area contributed by atoms with Crippen LogP contribution < -0.4 is 5.32 Å². The highest BCUT2D eigenvalue weighted by Gasteiger charge is 2.25. The minimum atomic E-state index is 0.0133. The van der Waals surface area contributed by atoms with Crippen LogP contribution in [0.3, 0.4) is 0 Å². The van der Waals surface area contributed by atoms with E-state index in [2.05, 4.69) is 29.8 Å². The van der Waals surface area contributed by atoms with Gasteiger partial charge in [-0.15, -0.1) is 0 Å². The molecule has 3 rings (SSSR count). The van der Waals surface area contributed by atoms with E-state index in [1.54, 1.807) is 0 Å². The lowest BCUT2D eigenvalue weighted by Gasteiger charge is -2.31. The van der Waals surface area contributed by atoms with Crippen LogP contribution in [0.4, 0.5) is 0 Å². The van der Waals surface area contributed by atoms with E-state index < -0.39 is 0 Å². The van der Waals surface area contributed by atoms with Crippen molar-refractivity contribution in [3.63, 3.8) is 0 Å². The number of hydrogen-bond donors (Lipinski definition) is 1. The summed E-state index contributed by atoms with van der Waals surface area (Å²) in [5.74, 6) is 1.42. The maximum atomic E-state index is 12.1. The van der Waals surface area contributed by atoms with Crippen LogP contribution in [0.15, 0.2) is 18.7 Å². The fourth-order valence-electron chi connectivity index (χ4n) is 3.67. The van der Waals surface area contributed by atoms with Crippen LogP contribution in [0.1, 0.15) is 53.7 Å². The number of likely N-dealkylation sites (tertiary alicyclic amines) is 1. The molecular weight excluding hydrogens is 288 g/mol. The molecule has 124 valence electrons. The molecule has 0 unspecified atom stereocenters. The van der Waals surface area contributed by atoms with Gasteiger partial charge in [0.25, 0.3) is 5.91 Å². The Kier molecular flexibility index (Phi) is 4.71. The Labute approximate surface area is 138 Å². The molecule has 2 aliphatic rings. The second kappa shape index (κ2) is 6.75. The van der Waals surface area contributed by atoms with Gasteiger partial charge in [-0.1, -0.05) is 13.5 Å². The van der Waals surface area contributed by atoms with Gasteiger partial charge in [0.1, 0.15) is 5.76 Å². The molecule has 1 aromatic carbocycles. The van der Waals surface area contributed by atoms with Gasteiger partial charge in [-0.25, -0.2) is 0 Å². The number of ether oxygens (including phenoxy) is 1. The van der Waals surface area contributed by atoms with Crippen molar-refractivity contribution in [2.75, 3.05) is 19.7 Å². The van der Waals surface area contributed by atoms with Crippen molar-refractivity contribution >= 4 is 11.7 Å². The second-order valence-electron chi connectivity index (χ2n) is 6.69. The maximum absolute atomic E-state index is 12.1. The molecular formula is C19H26N2O2. The lowest BCUT2D eigenvalue weighted by atomic mass is 9.96. The van der Waals surface area contributed by atoms with Crippen molar-refractivity contribution in [3.8, 4) is 0 Å². The van der Waals surface area contributed by atoms with Crippen molar-refractivity contribution in [2.45, 2.75) is 39.8 Å². The maximum Gasteiger partial charge on any atom is 0.251 e. The number of hydrogen-bond acceptors (Lipinski definition) is 3. The van der Waals surface area contributed by atoms with E-state index >= 15 is 0 Å². The van der Waals surface area contributed by atoms with Crippen LogP contribution in [0, 0.1) is 5.92 Å². The average molecular weight is 314 g/mol. The van der Waals surface area contributed by atoms with Gasteiger partial charge in [0.05, 0.1) is 6.61 Å². The summed E-state index contributed by atoms with van der Waals surface area (Å²) < 4.78 is 5.60. The predicted molar refractivity (Wildman–Crippen MR) is 91.9 cm³/mol. The van der Waals surface area contributed by atoms with Crippen LogP contribution in [-0.2, 0) is 17.8 Å². The first-order chi connectivity index (χ1) is 11.1. The Morgan fingerprint density at radius 3 is 3.04 bits per heavy atom. The zero-order valence-corrected chi connectivity index (χ0v) is 14.2. The molecule has 23 heavy (non-hydrogen) atoms. The molecule has 1 amide bonds. The zero-order valence-electron chi connectivity index (χ0n) is 14.2. The Morgan fingerprint density at radius 2 is 2.30 bits per heavy atom. The van der Waals surface area contributed by atoms with E-state index in [1.165, 1.54) is 18.4 Å². The van der Waals surface area contributed by atoms with Crippen LogP contribution in [0.5, 0.6) is 0 Å². The summed E-state index contributed by atoms with van der Waals surface area (Å²) in [5, 5.41) is 2.91. The van der Waals surface area contributed by atoms with E-state index in [1.807, 2.05) is 13.0 Å². The number of benzene rings is 1. The van der Waals surface area contributed by atoms with Crippen molar-refractivity contribution in [2.24, 2.45) is 5.92 Å². The number of piperidine rings is 1. The fourth-order valence-corrected chi connectivity index (χ4v) is 3.67. The second-order valence-corrected chi connectivity index (χ2v) is 6.69. The van der Waals surface area contributed by atoms with Gasteiger partial charge in [0, 0.05) is 30.8 Å². The predicted octanol–water partition coefficient (Wildman–Crippen LogP) is 3.17. The third kappa shape index (κ3) is 3.42. The minimum Gasteiger partial charge on any atom is -0.494 e. The van der Waals surface area contributed by atoms with Crippen LogP contribution in [0.2, 0.25) is 0 Å². The monoisotopic (exact) mass is 314 g/mol. The number of nitrogens with one attached hydrogen (secondary N) is 1. The van der Waals surface area contributed by atoms with Gasteiger partial charge < -0.3 is 10.1 Å². The van der Waals surface area contributed by atoms with E-state index in [0.717, 1.165) is 42.2 Å². The highest BCUT2D eigenvalue weighted by atomic mass is 16.5. The highest BCUT2D eigenvalue weighted by Crippen LogP contribution is 2.29. The number of carbonyl (C=O) groups excluding carboxylic acids is 1. The SMILES string of the molecule is C=C(OCC)c1cc(CN2CCC[C@H](C)C2)cc2c1CNC2=O. The first-order valence-electron chi connectivity index (χ1n) is 8.57. The van der Waals surface area contributed by atoms with E-state index in [-0.39, 0.29) is 5.91 Å². The third-order valence-electron chi connectivity index (χ3n) is 4.75. The Bertz CT molecular complexity index is 624. The van der Waals surface area contributed by atoms with Crippen LogP contribution in [0.25, 0.3) is 5.76 Å². The van der Waals surface area contributed by atoms with Gasteiger partial charge in [0.2, 0.25) is 0 Å². The smallest absolute Gasteiger partial charge is 0.251 e. The number of fused-ring (bicyclic) bond motifs is 1. The summed E-state index contributed by atoms with van der Waals surface area (Å²) in [6, 6.07) is 4.19. The molecule has 1 fully saturated rings. The topological polar surface area (TPSA) is 41.6 Å². The number of rotatable bonds is 5. The molecule has 0 spiro atoms. The molecule has 1 aromatic rings. The fraction of sp³-hybridized carbons (Fsp3) is 0.526. The molecule has 2 heterocycles. The summed E-state index contributed by atoms with van der Waals surface area (Å²) in [4.78, 5) is 14.6. The van der Waals surface area contributed by atoms with Gasteiger partial charge in [0.15, 0.2) is 0 Å². The lowest BCUT2D eigenvalue weighted by Crippen LogP contribution is -2.33. The number of carbonyl (C=O) groups is 1. The highest BCUT2D eigenvalue weighted by molar-refractivity contribution is 5.99. The lowest BCUT2D eigenvalue weighted by molar-refractivity contribution is 0.0965. The zero-order chi connectivity index (χ0) is 16.4. The molecule has 1 N–H and O–H groups in total. The minimum absolute atomic E-state index is 0.0133. The summed E-state index contributed by atoms with van der Waals surface area (Å²) in [5.41, 5.74) is 3.95. The molecule has 0 aliphatic carbocycles. The van der Waals surface area contributed by atoms with Crippen molar-refractivity contribution in [1.82, 2.24) is 10.2 Å². The van der Waals surface area contributed by atoms with E-state index in [9.17, 15) is 4.79 Å². The van der Waals surface area contributed by atoms with Crippen molar-refractivity contribution < 1.29 is 9.53 Å². The van der Waals surface area contributed by atoms with Gasteiger partial charge >= 0.3 is 0 Å². The first-order valence-corrected chi connectivity index (χ1v) is 8.57. The van der Waals surface area contributed by atoms with Crippen LogP contribution >= 0.6 is 0 Å². The molecule has 0 saturated carbocycles.